The third-order valence-electron chi connectivity index (χ3n) is 7.02. The highest BCUT2D eigenvalue weighted by atomic mass is 19.1. The van der Waals surface area contributed by atoms with Gasteiger partial charge in [-0.2, -0.15) is 0 Å². The molecule has 1 unspecified atom stereocenters. The summed E-state index contributed by atoms with van der Waals surface area (Å²) in [5, 5.41) is 23.3. The van der Waals surface area contributed by atoms with Crippen molar-refractivity contribution in [2.75, 3.05) is 30.4 Å². The Balaban J connectivity index is 1.20. The van der Waals surface area contributed by atoms with Crippen LogP contribution in [-0.2, 0) is 27.2 Å². The molecule has 0 bridgehead atoms. The molecule has 2 aromatic carbocycles. The molecule has 1 saturated carbocycles. The minimum Gasteiger partial charge on any atom is -0.463 e. The first-order valence-corrected chi connectivity index (χ1v) is 13.1. The Hall–Kier alpha value is -3.70. The molecule has 1 heterocycles. The number of fused-ring (bicyclic) bond motifs is 1. The van der Waals surface area contributed by atoms with Crippen LogP contribution >= 0.6 is 0 Å². The highest BCUT2D eigenvalue weighted by molar-refractivity contribution is 5.99. The number of benzene rings is 2. The number of esters is 1. The summed E-state index contributed by atoms with van der Waals surface area (Å²) in [5.41, 5.74) is 2.64. The van der Waals surface area contributed by atoms with Gasteiger partial charge in [0.25, 0.3) is 0 Å². The third kappa shape index (κ3) is 8.14. The average molecular weight is 544 g/mol. The molecule has 4 rings (SSSR count). The van der Waals surface area contributed by atoms with Crippen LogP contribution < -0.4 is 10.6 Å². The van der Waals surface area contributed by atoms with E-state index < -0.39 is 30.5 Å². The monoisotopic (exact) mass is 543 g/mol. The lowest BCUT2D eigenvalue weighted by Crippen LogP contribution is -2.39. The van der Waals surface area contributed by atoms with Crippen LogP contribution in [0.5, 0.6) is 0 Å². The van der Waals surface area contributed by atoms with Crippen molar-refractivity contribution < 1.29 is 38.5 Å². The average Bonchev–Trinajstić information content (AvgIpc) is 2.93. The van der Waals surface area contributed by atoms with E-state index in [-0.39, 0.29) is 36.8 Å². The number of urea groups is 1. The molecular weight excluding hydrogens is 509 g/mol. The quantitative estimate of drug-likeness (QED) is 0.372. The van der Waals surface area contributed by atoms with Gasteiger partial charge in [0.2, 0.25) is 0 Å². The molecule has 1 fully saturated rings. The molecule has 4 N–H and O–H groups in total. The van der Waals surface area contributed by atoms with Crippen molar-refractivity contribution in [3.8, 4) is 0 Å². The molecule has 39 heavy (non-hydrogen) atoms. The number of ether oxygens (including phenoxy) is 2. The zero-order valence-electron chi connectivity index (χ0n) is 21.6. The van der Waals surface area contributed by atoms with Crippen molar-refractivity contribution in [1.82, 2.24) is 4.90 Å². The minimum atomic E-state index is -1.07. The topological polar surface area (TPSA) is 137 Å². The highest BCUT2D eigenvalue weighted by Crippen LogP contribution is 2.30. The van der Waals surface area contributed by atoms with Crippen LogP contribution in [0.25, 0.3) is 0 Å². The van der Waals surface area contributed by atoms with Gasteiger partial charge in [0, 0.05) is 25.2 Å². The maximum atomic E-state index is 13.8. The van der Waals surface area contributed by atoms with E-state index in [1.807, 2.05) is 12.1 Å². The fourth-order valence-electron chi connectivity index (χ4n) is 4.84. The van der Waals surface area contributed by atoms with Gasteiger partial charge in [-0.3, -0.25) is 4.79 Å². The van der Waals surface area contributed by atoms with Crippen LogP contribution in [0, 0.1) is 11.7 Å². The second kappa shape index (κ2) is 13.4. The maximum absolute atomic E-state index is 13.8. The van der Waals surface area contributed by atoms with Gasteiger partial charge in [-0.05, 0) is 73.4 Å². The van der Waals surface area contributed by atoms with Gasteiger partial charge in [0.15, 0.2) is 0 Å². The predicted molar refractivity (Wildman–Crippen MR) is 140 cm³/mol. The molecule has 3 amide bonds. The second-order valence-electron chi connectivity index (χ2n) is 9.96. The Kier molecular flexibility index (Phi) is 9.72. The molecule has 0 aromatic heterocycles. The molecule has 1 aliphatic carbocycles. The number of amides is 3. The molecule has 2 aromatic rings. The van der Waals surface area contributed by atoms with Gasteiger partial charge < -0.3 is 35.2 Å². The van der Waals surface area contributed by atoms with Gasteiger partial charge >= 0.3 is 18.1 Å². The number of anilines is 2. The minimum absolute atomic E-state index is 0.0908. The highest BCUT2D eigenvalue weighted by Gasteiger charge is 2.29. The molecule has 11 heteroatoms. The summed E-state index contributed by atoms with van der Waals surface area (Å²) in [6, 6.07) is 10.8. The predicted octanol–water partition coefficient (Wildman–Crippen LogP) is 3.81. The van der Waals surface area contributed by atoms with Gasteiger partial charge in [0.05, 0.1) is 12.3 Å². The second-order valence-corrected chi connectivity index (χ2v) is 9.96. The Morgan fingerprint density at radius 3 is 2.56 bits per heavy atom. The largest absolute Gasteiger partial charge is 0.463 e. The smallest absolute Gasteiger partial charge is 0.410 e. The van der Waals surface area contributed by atoms with E-state index in [0.717, 1.165) is 24.0 Å². The Morgan fingerprint density at radius 2 is 1.82 bits per heavy atom. The summed E-state index contributed by atoms with van der Waals surface area (Å²) in [6.07, 6.45) is 2.00. The van der Waals surface area contributed by atoms with E-state index in [1.165, 1.54) is 12.1 Å². The molecule has 0 radical (unpaired) electrons. The lowest BCUT2D eigenvalue weighted by molar-refractivity contribution is -0.148. The first kappa shape index (κ1) is 28.3. The summed E-state index contributed by atoms with van der Waals surface area (Å²) < 4.78 is 24.5. The Morgan fingerprint density at radius 1 is 1.05 bits per heavy atom. The number of carbonyl (C=O) groups excluding carboxylic acids is 3. The fraction of sp³-hybridized carbons (Fsp3) is 0.464. The maximum Gasteiger partial charge on any atom is 0.410 e. The third-order valence-corrected chi connectivity index (χ3v) is 7.02. The summed E-state index contributed by atoms with van der Waals surface area (Å²) in [5.74, 6) is -0.786. The first-order chi connectivity index (χ1) is 18.8. The molecule has 2 aliphatic rings. The van der Waals surface area contributed by atoms with E-state index >= 15 is 0 Å². The van der Waals surface area contributed by atoms with Crippen LogP contribution in [0.3, 0.4) is 0 Å². The number of hydrogen-bond donors (Lipinski definition) is 4. The first-order valence-electron chi connectivity index (χ1n) is 13.1. The number of nitrogens with one attached hydrogen (secondary N) is 2. The molecular formula is C28H34FN3O7. The van der Waals surface area contributed by atoms with Gasteiger partial charge in [0.1, 0.15) is 24.6 Å². The van der Waals surface area contributed by atoms with Crippen molar-refractivity contribution >= 4 is 29.5 Å². The van der Waals surface area contributed by atoms with Crippen molar-refractivity contribution in [2.24, 2.45) is 5.92 Å². The van der Waals surface area contributed by atoms with Crippen LogP contribution in [0.15, 0.2) is 42.5 Å². The number of carbonyl (C=O) groups is 3. The molecule has 0 saturated heterocycles. The van der Waals surface area contributed by atoms with Crippen molar-refractivity contribution in [3.63, 3.8) is 0 Å². The van der Waals surface area contributed by atoms with E-state index in [1.54, 1.807) is 23.1 Å². The van der Waals surface area contributed by atoms with Gasteiger partial charge in [-0.15, -0.1) is 0 Å². The number of aliphatic hydroxyl groups is 2. The standard InChI is InChI=1S/C28H34FN3O7/c29-24-3-1-2-4-25(24)31-27(36)30-21-8-7-20-15-32(12-11-19(20)14-21)28(37)39-23-9-5-18(6-10-23)13-26(35)38-17-22(34)16-33/h1-4,7-8,14,18,22-23,33-34H,5-6,9-13,15-17H2,(H2,30,31,36). The summed E-state index contributed by atoms with van der Waals surface area (Å²) in [4.78, 5) is 38.7. The van der Waals surface area contributed by atoms with Crippen LogP contribution in [0.2, 0.25) is 0 Å². The number of hydrogen-bond acceptors (Lipinski definition) is 7. The van der Waals surface area contributed by atoms with Crippen LogP contribution in [0.4, 0.5) is 25.4 Å². The van der Waals surface area contributed by atoms with Crippen molar-refractivity contribution in [3.05, 3.63) is 59.4 Å². The van der Waals surface area contributed by atoms with Crippen molar-refractivity contribution in [1.29, 1.82) is 0 Å². The lowest BCUT2D eigenvalue weighted by Gasteiger charge is -2.32. The number of aliphatic hydroxyl groups excluding tert-OH is 2. The number of para-hydroxylation sites is 1. The number of rotatable bonds is 8. The molecule has 1 atom stereocenters. The van der Waals surface area contributed by atoms with Gasteiger partial charge in [-0.1, -0.05) is 18.2 Å². The van der Waals surface area contributed by atoms with E-state index in [0.29, 0.717) is 38.0 Å². The number of nitrogens with zero attached hydrogens (tertiary/aromatic N) is 1. The normalized spacial score (nSPS) is 19.4. The summed E-state index contributed by atoms with van der Waals surface area (Å²) in [7, 11) is 0. The zero-order valence-corrected chi connectivity index (χ0v) is 21.6. The number of halogens is 1. The summed E-state index contributed by atoms with van der Waals surface area (Å²) >= 11 is 0. The Bertz CT molecular complexity index is 1170. The molecule has 210 valence electrons. The zero-order chi connectivity index (χ0) is 27.8. The molecule has 0 spiro atoms. The van der Waals surface area contributed by atoms with E-state index in [4.69, 9.17) is 14.6 Å². The van der Waals surface area contributed by atoms with Crippen LogP contribution in [-0.4, -0.2) is 65.2 Å². The SMILES string of the molecule is O=C(Nc1ccc2c(c1)CCN(C(=O)OC1CCC(CC(=O)OCC(O)CO)CC1)C2)Nc1ccccc1F. The molecule has 10 nitrogen and oxygen atoms in total. The van der Waals surface area contributed by atoms with Crippen molar-refractivity contribution in [2.45, 2.75) is 57.3 Å². The van der Waals surface area contributed by atoms with Crippen LogP contribution in [0.1, 0.15) is 43.2 Å². The fourth-order valence-corrected chi connectivity index (χ4v) is 4.84. The lowest BCUT2D eigenvalue weighted by atomic mass is 9.85. The van der Waals surface area contributed by atoms with E-state index in [2.05, 4.69) is 10.6 Å². The van der Waals surface area contributed by atoms with Gasteiger partial charge in [-0.25, -0.2) is 14.0 Å². The Labute approximate surface area is 226 Å². The molecule has 1 aliphatic heterocycles. The van der Waals surface area contributed by atoms with E-state index in [9.17, 15) is 23.9 Å². The summed E-state index contributed by atoms with van der Waals surface area (Å²) in [6.45, 7) is 0.208.